The van der Waals surface area contributed by atoms with Crippen molar-refractivity contribution < 1.29 is 41.4 Å². The molecule has 4 N–H and O–H groups in total. The van der Waals surface area contributed by atoms with Crippen LogP contribution in [0.3, 0.4) is 0 Å². The first-order chi connectivity index (χ1) is 31.1. The molecule has 15 heteroatoms. The van der Waals surface area contributed by atoms with E-state index in [1.165, 1.54) is 42.7 Å². The maximum atomic E-state index is 13.2. The molecule has 0 radical (unpaired) electrons. The number of nitrogens with one attached hydrogen (secondary N) is 2. The van der Waals surface area contributed by atoms with E-state index in [2.05, 4.69) is 33.1 Å². The summed E-state index contributed by atoms with van der Waals surface area (Å²) in [5.41, 5.74) is 3.76. The van der Waals surface area contributed by atoms with Crippen LogP contribution >= 0.6 is 22.9 Å². The number of hydrogen-bond donors (Lipinski definition) is 4. The van der Waals surface area contributed by atoms with Crippen molar-refractivity contribution in [1.82, 2.24) is 0 Å². The van der Waals surface area contributed by atoms with Gasteiger partial charge in [0.15, 0.2) is 0 Å². The lowest BCUT2D eigenvalue weighted by atomic mass is 10.1. The van der Waals surface area contributed by atoms with E-state index in [1.54, 1.807) is 104 Å². The first-order valence-electron chi connectivity index (χ1n) is 19.3. The fourth-order valence-electron chi connectivity index (χ4n) is 6.35. The molecule has 8 aromatic rings. The van der Waals surface area contributed by atoms with Gasteiger partial charge in [-0.1, -0.05) is 77.7 Å². The maximum absolute atomic E-state index is 13.2. The van der Waals surface area contributed by atoms with Gasteiger partial charge in [0, 0.05) is 38.0 Å². The molecular weight excluding hydrogens is 904 g/mol. The SMILES string of the molecule is COc1ccc(C#Cc2ccc(C(=O)O)cc2)c(NS(=O)(=O)c2ccc3ccccc3c2)c1.Cc1c(S(=O)(=O)Nc2ccccc2C#Cc2ccc(C(=O)O)cc2)sc2ccc(Cl)cc12. The summed E-state index contributed by atoms with van der Waals surface area (Å²) in [6, 6.07) is 41.8. The Kier molecular flexibility index (Phi) is 13.6. The van der Waals surface area contributed by atoms with Crippen molar-refractivity contribution in [2.75, 3.05) is 16.6 Å². The van der Waals surface area contributed by atoms with Crippen LogP contribution < -0.4 is 14.2 Å². The van der Waals surface area contributed by atoms with Gasteiger partial charge in [-0.15, -0.1) is 11.3 Å². The van der Waals surface area contributed by atoms with Crippen molar-refractivity contribution >= 4 is 87.2 Å². The van der Waals surface area contributed by atoms with Crippen LogP contribution in [0.1, 0.15) is 48.5 Å². The summed E-state index contributed by atoms with van der Waals surface area (Å²) in [6.07, 6.45) is 0. The molecule has 1 heterocycles. The molecule has 0 aliphatic carbocycles. The van der Waals surface area contributed by atoms with E-state index < -0.39 is 32.0 Å². The van der Waals surface area contributed by atoms with E-state index in [-0.39, 0.29) is 25.9 Å². The summed E-state index contributed by atoms with van der Waals surface area (Å²) in [6.45, 7) is 1.76. The highest BCUT2D eigenvalue weighted by Crippen LogP contribution is 2.36. The molecule has 0 spiro atoms. The average molecular weight is 939 g/mol. The van der Waals surface area contributed by atoms with Gasteiger partial charge in [-0.3, -0.25) is 9.44 Å². The smallest absolute Gasteiger partial charge is 0.335 e. The molecule has 0 fully saturated rings. The summed E-state index contributed by atoms with van der Waals surface area (Å²) in [4.78, 5) is 22.1. The highest BCUT2D eigenvalue weighted by molar-refractivity contribution is 7.95. The molecule has 0 aliphatic heterocycles. The standard InChI is InChI=1S/C26H19NO5S.C24H16ClNO4S2/c1-32-23-14-12-20(9-6-18-7-10-21(11-8-18)26(28)29)25(17-23)27-33(30,31)24-15-13-19-4-2-3-5-22(19)16-24;1-15-20-14-19(25)12-13-22(20)31-24(15)32(29,30)26-21-5-3-2-4-17(21)9-6-16-7-10-18(11-8-16)23(27)28/h2-5,7-8,10-17,27H,1H3,(H,28,29);2-5,7-8,10-14,26H,1H3,(H,27,28). The third kappa shape index (κ3) is 11.0. The normalized spacial score (nSPS) is 10.9. The van der Waals surface area contributed by atoms with Gasteiger partial charge in [0.1, 0.15) is 9.96 Å². The van der Waals surface area contributed by atoms with E-state index >= 15 is 0 Å². The van der Waals surface area contributed by atoms with E-state index in [0.29, 0.717) is 44.3 Å². The van der Waals surface area contributed by atoms with Gasteiger partial charge in [-0.25, -0.2) is 26.4 Å². The Morgan fingerprint density at radius 1 is 0.600 bits per heavy atom. The van der Waals surface area contributed by atoms with Crippen molar-refractivity contribution in [3.8, 4) is 29.4 Å². The van der Waals surface area contributed by atoms with Crippen molar-refractivity contribution in [3.05, 3.63) is 196 Å². The molecular formula is C50H35ClN2O9S3. The molecule has 0 amide bonds. The number of para-hydroxylation sites is 1. The first-order valence-corrected chi connectivity index (χ1v) is 23.5. The predicted octanol–water partition coefficient (Wildman–Crippen LogP) is 10.5. The first kappa shape index (κ1) is 45.4. The number of aromatic carboxylic acids is 2. The predicted molar refractivity (Wildman–Crippen MR) is 255 cm³/mol. The van der Waals surface area contributed by atoms with E-state index in [0.717, 1.165) is 20.9 Å². The number of methoxy groups -OCH3 is 1. The van der Waals surface area contributed by atoms with Crippen molar-refractivity contribution in [3.63, 3.8) is 0 Å². The van der Waals surface area contributed by atoms with Crippen molar-refractivity contribution in [2.24, 2.45) is 0 Å². The number of carboxylic acids is 2. The number of ether oxygens (including phenoxy) is 1. The van der Waals surface area contributed by atoms with Gasteiger partial charge in [-0.05, 0) is 132 Å². The Balaban J connectivity index is 0.000000194. The molecule has 0 saturated heterocycles. The number of halogens is 1. The van der Waals surface area contributed by atoms with Gasteiger partial charge >= 0.3 is 11.9 Å². The summed E-state index contributed by atoms with van der Waals surface area (Å²) in [5.74, 6) is 10.2. The molecule has 0 bridgehead atoms. The Bertz CT molecular complexity index is 3490. The molecule has 11 nitrogen and oxygen atoms in total. The molecule has 0 aliphatic rings. The monoisotopic (exact) mass is 938 g/mol. The van der Waals surface area contributed by atoms with Crippen LogP contribution in [-0.2, 0) is 20.0 Å². The van der Waals surface area contributed by atoms with Crippen LogP contribution in [0.5, 0.6) is 5.75 Å². The molecule has 0 saturated carbocycles. The minimum atomic E-state index is -3.89. The Morgan fingerprint density at radius 2 is 1.17 bits per heavy atom. The number of benzene rings is 7. The van der Waals surface area contributed by atoms with Crippen LogP contribution in [0.2, 0.25) is 5.02 Å². The third-order valence-electron chi connectivity index (χ3n) is 9.72. The van der Waals surface area contributed by atoms with Crippen LogP contribution in [0.4, 0.5) is 11.4 Å². The van der Waals surface area contributed by atoms with E-state index in [4.69, 9.17) is 26.6 Å². The Morgan fingerprint density at radius 3 is 1.78 bits per heavy atom. The second-order valence-corrected chi connectivity index (χ2v) is 19.1. The van der Waals surface area contributed by atoms with Gasteiger partial charge in [0.25, 0.3) is 20.0 Å². The second kappa shape index (κ2) is 19.4. The van der Waals surface area contributed by atoms with Gasteiger partial charge in [0.05, 0.1) is 34.5 Å². The summed E-state index contributed by atoms with van der Waals surface area (Å²) >= 11 is 7.25. The molecule has 0 atom stereocenters. The number of anilines is 2. The number of fused-ring (bicyclic) bond motifs is 2. The van der Waals surface area contributed by atoms with Gasteiger partial charge in [0.2, 0.25) is 0 Å². The lowest BCUT2D eigenvalue weighted by Gasteiger charge is -2.12. The Hall–Kier alpha value is -7.59. The zero-order chi connectivity index (χ0) is 46.3. The van der Waals surface area contributed by atoms with Crippen LogP contribution in [0.25, 0.3) is 20.9 Å². The lowest BCUT2D eigenvalue weighted by Crippen LogP contribution is -2.14. The number of hydrogen-bond acceptors (Lipinski definition) is 8. The molecule has 324 valence electrons. The quantitative estimate of drug-likeness (QED) is 0.103. The number of aryl methyl sites for hydroxylation is 1. The average Bonchev–Trinajstić information content (AvgIpc) is 3.64. The number of rotatable bonds is 9. The third-order valence-corrected chi connectivity index (χ3v) is 14.6. The fourth-order valence-corrected chi connectivity index (χ4v) is 10.5. The van der Waals surface area contributed by atoms with Crippen LogP contribution in [-0.4, -0.2) is 46.1 Å². The number of carbonyl (C=O) groups is 2. The maximum Gasteiger partial charge on any atom is 0.335 e. The molecule has 0 unspecified atom stereocenters. The largest absolute Gasteiger partial charge is 0.497 e. The number of sulfonamides is 2. The minimum absolute atomic E-state index is 0.132. The molecule has 65 heavy (non-hydrogen) atoms. The molecule has 7 aromatic carbocycles. The van der Waals surface area contributed by atoms with Crippen molar-refractivity contribution in [2.45, 2.75) is 16.0 Å². The van der Waals surface area contributed by atoms with Crippen molar-refractivity contribution in [1.29, 1.82) is 0 Å². The summed E-state index contributed by atoms with van der Waals surface area (Å²) < 4.78 is 64.1. The summed E-state index contributed by atoms with van der Waals surface area (Å²) in [5, 5.41) is 21.1. The van der Waals surface area contributed by atoms with Gasteiger partial charge < -0.3 is 14.9 Å². The van der Waals surface area contributed by atoms with Gasteiger partial charge in [-0.2, -0.15) is 0 Å². The highest BCUT2D eigenvalue weighted by atomic mass is 35.5. The number of carboxylic acid groups (broad SMARTS) is 2. The van der Waals surface area contributed by atoms with Crippen LogP contribution in [0.15, 0.2) is 161 Å². The fraction of sp³-hybridized carbons (Fsp3) is 0.0400. The van der Waals surface area contributed by atoms with E-state index in [1.807, 2.05) is 30.3 Å². The summed E-state index contributed by atoms with van der Waals surface area (Å²) in [7, 11) is -6.24. The molecule has 8 rings (SSSR count). The van der Waals surface area contributed by atoms with E-state index in [9.17, 15) is 26.4 Å². The second-order valence-electron chi connectivity index (χ2n) is 14.1. The zero-order valence-electron chi connectivity index (χ0n) is 34.3. The Labute approximate surface area is 384 Å². The lowest BCUT2D eigenvalue weighted by molar-refractivity contribution is 0.0686. The molecule has 1 aromatic heterocycles. The topological polar surface area (TPSA) is 176 Å². The minimum Gasteiger partial charge on any atom is -0.497 e. The van der Waals surface area contributed by atoms with Crippen LogP contribution in [0, 0.1) is 30.6 Å². The highest BCUT2D eigenvalue weighted by Gasteiger charge is 2.23. The number of thiophene rings is 1. The zero-order valence-corrected chi connectivity index (χ0v) is 37.5.